The lowest BCUT2D eigenvalue weighted by Crippen LogP contribution is -2.58. The second kappa shape index (κ2) is 4.19. The van der Waals surface area contributed by atoms with Crippen LogP contribution in [0.25, 0.3) is 0 Å². The van der Waals surface area contributed by atoms with E-state index in [0.717, 1.165) is 0 Å². The van der Waals surface area contributed by atoms with Crippen LogP contribution in [0.1, 0.15) is 6.42 Å². The Labute approximate surface area is 102 Å². The standard InChI is InChI=1S/C9H14N4O5/c10-6(16)9(7(17)12-8(11)13-9)5-1-3(15)4(2-14)18-5/h3-5,14-15H,1-2H2,(H2,10,16)(H3,11,12,13,17)/t3-,4+,5+,9?/m0/s1. The van der Waals surface area contributed by atoms with Gasteiger partial charge in [0.1, 0.15) is 12.2 Å². The van der Waals surface area contributed by atoms with Crippen LogP contribution in [-0.2, 0) is 14.3 Å². The van der Waals surface area contributed by atoms with Crippen molar-refractivity contribution in [3.8, 4) is 0 Å². The molecule has 4 atom stereocenters. The molecule has 0 spiro atoms. The highest BCUT2D eigenvalue weighted by atomic mass is 16.5. The molecule has 100 valence electrons. The van der Waals surface area contributed by atoms with Crippen LogP contribution in [-0.4, -0.2) is 58.4 Å². The number of aliphatic hydroxyl groups excluding tert-OH is 2. The van der Waals surface area contributed by atoms with E-state index in [9.17, 15) is 14.7 Å². The van der Waals surface area contributed by atoms with Crippen molar-refractivity contribution < 1.29 is 24.5 Å². The van der Waals surface area contributed by atoms with Crippen LogP contribution < -0.4 is 16.8 Å². The minimum Gasteiger partial charge on any atom is -0.394 e. The van der Waals surface area contributed by atoms with Gasteiger partial charge in [0.25, 0.3) is 11.8 Å². The van der Waals surface area contributed by atoms with Crippen molar-refractivity contribution in [2.24, 2.45) is 16.5 Å². The van der Waals surface area contributed by atoms with Gasteiger partial charge in [0.15, 0.2) is 5.96 Å². The highest BCUT2D eigenvalue weighted by molar-refractivity contribution is 6.19. The minimum atomic E-state index is -1.98. The number of aliphatic hydroxyl groups is 2. The van der Waals surface area contributed by atoms with Gasteiger partial charge in [0.05, 0.1) is 12.7 Å². The topological polar surface area (TPSA) is 160 Å². The van der Waals surface area contributed by atoms with E-state index in [1.54, 1.807) is 0 Å². The van der Waals surface area contributed by atoms with Crippen molar-refractivity contribution >= 4 is 17.8 Å². The zero-order valence-electron chi connectivity index (χ0n) is 9.37. The lowest BCUT2D eigenvalue weighted by Gasteiger charge is -2.25. The molecule has 2 amide bonds. The van der Waals surface area contributed by atoms with Crippen LogP contribution in [0, 0.1) is 0 Å². The van der Waals surface area contributed by atoms with Gasteiger partial charge < -0.3 is 26.4 Å². The molecule has 9 heteroatoms. The Morgan fingerprint density at radius 3 is 2.72 bits per heavy atom. The van der Waals surface area contributed by atoms with Crippen LogP contribution in [0.4, 0.5) is 0 Å². The van der Waals surface area contributed by atoms with E-state index in [4.69, 9.17) is 21.3 Å². The fraction of sp³-hybridized carbons (Fsp3) is 0.667. The van der Waals surface area contributed by atoms with E-state index >= 15 is 0 Å². The number of nitrogens with zero attached hydrogens (tertiary/aromatic N) is 1. The molecule has 2 heterocycles. The number of rotatable bonds is 3. The molecule has 0 aromatic carbocycles. The van der Waals surface area contributed by atoms with Crippen LogP contribution in [0.15, 0.2) is 4.99 Å². The van der Waals surface area contributed by atoms with Crippen LogP contribution in [0.3, 0.4) is 0 Å². The molecule has 9 nitrogen and oxygen atoms in total. The first-order chi connectivity index (χ1) is 8.41. The number of nitrogens with one attached hydrogen (secondary N) is 1. The van der Waals surface area contributed by atoms with E-state index in [-0.39, 0.29) is 12.4 Å². The Morgan fingerprint density at radius 2 is 2.33 bits per heavy atom. The van der Waals surface area contributed by atoms with Crippen molar-refractivity contribution in [1.82, 2.24) is 5.32 Å². The predicted octanol–water partition coefficient (Wildman–Crippen LogP) is -3.83. The second-order valence-electron chi connectivity index (χ2n) is 4.23. The number of carbonyl (C=O) groups excluding carboxylic acids is 2. The zero-order chi connectivity index (χ0) is 13.5. The summed E-state index contributed by atoms with van der Waals surface area (Å²) >= 11 is 0. The van der Waals surface area contributed by atoms with Gasteiger partial charge in [-0.1, -0.05) is 0 Å². The molecule has 2 aliphatic rings. The molecule has 0 aromatic rings. The summed E-state index contributed by atoms with van der Waals surface area (Å²) in [5.41, 5.74) is 8.58. The summed E-state index contributed by atoms with van der Waals surface area (Å²) in [5.74, 6) is -2.04. The summed E-state index contributed by atoms with van der Waals surface area (Å²) < 4.78 is 5.27. The number of hydrogen-bond donors (Lipinski definition) is 5. The molecule has 1 unspecified atom stereocenters. The highest BCUT2D eigenvalue weighted by Gasteiger charge is 2.59. The normalized spacial score (nSPS) is 39.6. The molecule has 0 bridgehead atoms. The number of hydrogen-bond acceptors (Lipinski definition) is 7. The largest absolute Gasteiger partial charge is 0.394 e. The summed E-state index contributed by atoms with van der Waals surface area (Å²) in [5, 5.41) is 20.8. The fourth-order valence-electron chi connectivity index (χ4n) is 2.19. The Balaban J connectivity index is 2.34. The van der Waals surface area contributed by atoms with Crippen LogP contribution in [0.2, 0.25) is 0 Å². The van der Waals surface area contributed by atoms with Gasteiger partial charge in [-0.2, -0.15) is 0 Å². The van der Waals surface area contributed by atoms with Crippen molar-refractivity contribution in [3.63, 3.8) is 0 Å². The van der Waals surface area contributed by atoms with Gasteiger partial charge in [-0.25, -0.2) is 4.99 Å². The number of amides is 2. The first kappa shape index (κ1) is 12.7. The molecule has 0 radical (unpaired) electrons. The highest BCUT2D eigenvalue weighted by Crippen LogP contribution is 2.33. The van der Waals surface area contributed by atoms with Crippen molar-refractivity contribution in [2.75, 3.05) is 6.61 Å². The second-order valence-corrected chi connectivity index (χ2v) is 4.23. The Hall–Kier alpha value is -1.71. The third-order valence-corrected chi connectivity index (χ3v) is 3.13. The third kappa shape index (κ3) is 1.64. The molecule has 2 aliphatic heterocycles. The number of nitrogens with two attached hydrogens (primary N) is 2. The van der Waals surface area contributed by atoms with E-state index in [0.29, 0.717) is 0 Å². The van der Waals surface area contributed by atoms with E-state index in [1.807, 2.05) is 0 Å². The summed E-state index contributed by atoms with van der Waals surface area (Å²) in [7, 11) is 0. The predicted molar refractivity (Wildman–Crippen MR) is 58.1 cm³/mol. The number of ether oxygens (including phenoxy) is 1. The Kier molecular flexibility index (Phi) is 2.97. The number of aliphatic imine (C=N–C) groups is 1. The molecule has 18 heavy (non-hydrogen) atoms. The van der Waals surface area contributed by atoms with E-state index in [1.165, 1.54) is 0 Å². The molecule has 0 aliphatic carbocycles. The van der Waals surface area contributed by atoms with Crippen molar-refractivity contribution in [3.05, 3.63) is 0 Å². The monoisotopic (exact) mass is 258 g/mol. The zero-order valence-corrected chi connectivity index (χ0v) is 9.37. The molecular formula is C9H14N4O5. The molecule has 7 N–H and O–H groups in total. The SMILES string of the molecule is NC(=O)C1([C@H]2C[C@H](O)[C@@H](CO)O2)N=C(N)NC1=O. The van der Waals surface area contributed by atoms with Gasteiger partial charge in [-0.05, 0) is 0 Å². The van der Waals surface area contributed by atoms with Crippen molar-refractivity contribution in [2.45, 2.75) is 30.3 Å². The fourth-order valence-corrected chi connectivity index (χ4v) is 2.19. The van der Waals surface area contributed by atoms with Gasteiger partial charge in [-0.3, -0.25) is 14.9 Å². The average molecular weight is 258 g/mol. The molecular weight excluding hydrogens is 244 g/mol. The summed E-state index contributed by atoms with van der Waals surface area (Å²) in [6.45, 7) is -0.437. The van der Waals surface area contributed by atoms with Crippen LogP contribution >= 0.6 is 0 Å². The number of carbonyl (C=O) groups is 2. The average Bonchev–Trinajstić information content (AvgIpc) is 2.79. The summed E-state index contributed by atoms with van der Waals surface area (Å²) in [6.07, 6.45) is -2.97. The molecule has 1 saturated heterocycles. The van der Waals surface area contributed by atoms with Crippen molar-refractivity contribution in [1.29, 1.82) is 0 Å². The summed E-state index contributed by atoms with van der Waals surface area (Å²) in [4.78, 5) is 27.1. The van der Waals surface area contributed by atoms with Crippen LogP contribution in [0.5, 0.6) is 0 Å². The number of guanidine groups is 1. The Morgan fingerprint density at radius 1 is 1.67 bits per heavy atom. The molecule has 1 fully saturated rings. The van der Waals surface area contributed by atoms with Gasteiger partial charge in [-0.15, -0.1) is 0 Å². The lowest BCUT2D eigenvalue weighted by molar-refractivity contribution is -0.141. The van der Waals surface area contributed by atoms with Gasteiger partial charge in [0.2, 0.25) is 5.54 Å². The van der Waals surface area contributed by atoms with Gasteiger partial charge in [0, 0.05) is 6.42 Å². The summed E-state index contributed by atoms with van der Waals surface area (Å²) in [6, 6.07) is 0. The first-order valence-electron chi connectivity index (χ1n) is 5.33. The molecule has 0 aromatic heterocycles. The minimum absolute atomic E-state index is 0.0433. The first-order valence-corrected chi connectivity index (χ1v) is 5.33. The van der Waals surface area contributed by atoms with E-state index < -0.39 is 42.3 Å². The molecule has 0 saturated carbocycles. The number of primary amides is 1. The molecule has 2 rings (SSSR count). The smallest absolute Gasteiger partial charge is 0.267 e. The van der Waals surface area contributed by atoms with E-state index in [2.05, 4.69) is 10.3 Å². The lowest BCUT2D eigenvalue weighted by atomic mass is 9.89. The maximum atomic E-state index is 11.8. The Bertz CT molecular complexity index is 425. The third-order valence-electron chi connectivity index (χ3n) is 3.13. The maximum Gasteiger partial charge on any atom is 0.267 e. The quantitative estimate of drug-likeness (QED) is 0.326. The van der Waals surface area contributed by atoms with Gasteiger partial charge >= 0.3 is 0 Å². The maximum absolute atomic E-state index is 11.8.